The Morgan fingerprint density at radius 2 is 1.84 bits per heavy atom. The number of amides is 2. The summed E-state index contributed by atoms with van der Waals surface area (Å²) in [5, 5.41) is 3.12. The minimum absolute atomic E-state index is 0.0398. The highest BCUT2D eigenvalue weighted by Crippen LogP contribution is 2.32. The maximum absolute atomic E-state index is 12.1. The molecule has 2 aliphatic carbocycles. The van der Waals surface area contributed by atoms with Crippen molar-refractivity contribution in [3.05, 3.63) is 11.6 Å². The lowest BCUT2D eigenvalue weighted by Crippen LogP contribution is -2.38. The van der Waals surface area contributed by atoms with Crippen molar-refractivity contribution in [2.75, 3.05) is 13.1 Å². The van der Waals surface area contributed by atoms with Crippen LogP contribution in [0.2, 0.25) is 0 Å². The first-order valence-corrected chi connectivity index (χ1v) is 7.53. The molecule has 2 amide bonds. The van der Waals surface area contributed by atoms with Gasteiger partial charge in [0, 0.05) is 24.1 Å². The highest BCUT2D eigenvalue weighted by molar-refractivity contribution is 5.96. The smallest absolute Gasteiger partial charge is 0.248 e. The first kappa shape index (κ1) is 12.7. The van der Waals surface area contributed by atoms with Gasteiger partial charge in [0.25, 0.3) is 0 Å². The van der Waals surface area contributed by atoms with Crippen molar-refractivity contribution in [3.63, 3.8) is 0 Å². The SMILES string of the molecule is O=C(NC1CCCCC1)C1=CCN(C(=O)C2CC2)C1. The predicted octanol–water partition coefficient (Wildman–Crippen LogP) is 1.61. The lowest BCUT2D eigenvalue weighted by molar-refractivity contribution is -0.131. The van der Waals surface area contributed by atoms with E-state index in [0.29, 0.717) is 19.1 Å². The summed E-state index contributed by atoms with van der Waals surface area (Å²) in [6.07, 6.45) is 9.90. The Balaban J connectivity index is 1.49. The molecule has 3 rings (SSSR count). The minimum atomic E-state index is 0.0398. The van der Waals surface area contributed by atoms with Gasteiger partial charge in [0.15, 0.2) is 0 Å². The fourth-order valence-corrected chi connectivity index (χ4v) is 3.00. The van der Waals surface area contributed by atoms with Gasteiger partial charge in [-0.05, 0) is 25.7 Å². The molecule has 0 spiro atoms. The number of carbonyl (C=O) groups is 2. The van der Waals surface area contributed by atoms with Gasteiger partial charge in [-0.3, -0.25) is 9.59 Å². The fraction of sp³-hybridized carbons (Fsp3) is 0.733. The predicted molar refractivity (Wildman–Crippen MR) is 72.4 cm³/mol. The highest BCUT2D eigenvalue weighted by Gasteiger charge is 2.35. The molecule has 2 saturated carbocycles. The second-order valence-corrected chi connectivity index (χ2v) is 6.03. The molecule has 1 heterocycles. The van der Waals surface area contributed by atoms with Crippen LogP contribution in [0.3, 0.4) is 0 Å². The van der Waals surface area contributed by atoms with E-state index in [1.165, 1.54) is 19.3 Å². The number of nitrogens with zero attached hydrogens (tertiary/aromatic N) is 1. The zero-order valence-corrected chi connectivity index (χ0v) is 11.4. The summed E-state index contributed by atoms with van der Waals surface area (Å²) in [6, 6.07) is 0.343. The molecule has 0 unspecified atom stereocenters. The van der Waals surface area contributed by atoms with Gasteiger partial charge in [-0.2, -0.15) is 0 Å². The molecule has 104 valence electrons. The molecule has 0 radical (unpaired) electrons. The summed E-state index contributed by atoms with van der Waals surface area (Å²) in [5.41, 5.74) is 0.777. The van der Waals surface area contributed by atoms with Crippen LogP contribution in [-0.2, 0) is 9.59 Å². The molecule has 0 atom stereocenters. The summed E-state index contributed by atoms with van der Waals surface area (Å²) in [7, 11) is 0. The second-order valence-electron chi connectivity index (χ2n) is 6.03. The minimum Gasteiger partial charge on any atom is -0.350 e. The quantitative estimate of drug-likeness (QED) is 0.840. The van der Waals surface area contributed by atoms with E-state index in [1.807, 2.05) is 11.0 Å². The first-order valence-electron chi connectivity index (χ1n) is 7.53. The summed E-state index contributed by atoms with van der Waals surface area (Å²) < 4.78 is 0. The molecular weight excluding hydrogens is 240 g/mol. The third-order valence-electron chi connectivity index (χ3n) is 4.39. The molecule has 2 fully saturated rings. The fourth-order valence-electron chi connectivity index (χ4n) is 3.00. The van der Waals surface area contributed by atoms with Gasteiger partial charge in [-0.1, -0.05) is 25.3 Å². The van der Waals surface area contributed by atoms with Gasteiger partial charge in [0.2, 0.25) is 11.8 Å². The molecule has 0 saturated heterocycles. The topological polar surface area (TPSA) is 49.4 Å². The summed E-state index contributed by atoms with van der Waals surface area (Å²) in [5.74, 6) is 0.517. The largest absolute Gasteiger partial charge is 0.350 e. The Morgan fingerprint density at radius 3 is 2.53 bits per heavy atom. The zero-order chi connectivity index (χ0) is 13.2. The van der Waals surface area contributed by atoms with Gasteiger partial charge < -0.3 is 10.2 Å². The van der Waals surface area contributed by atoms with Crippen molar-refractivity contribution in [2.45, 2.75) is 51.0 Å². The maximum atomic E-state index is 12.1. The normalized spacial score (nSPS) is 24.2. The van der Waals surface area contributed by atoms with E-state index in [2.05, 4.69) is 5.32 Å². The molecule has 0 aromatic heterocycles. The zero-order valence-electron chi connectivity index (χ0n) is 11.4. The Bertz CT molecular complexity index is 406. The van der Waals surface area contributed by atoms with E-state index in [-0.39, 0.29) is 17.7 Å². The number of nitrogens with one attached hydrogen (secondary N) is 1. The number of carbonyl (C=O) groups excluding carboxylic acids is 2. The summed E-state index contributed by atoms with van der Waals surface area (Å²) in [4.78, 5) is 25.9. The van der Waals surface area contributed by atoms with Crippen LogP contribution in [0, 0.1) is 5.92 Å². The molecule has 19 heavy (non-hydrogen) atoms. The Hall–Kier alpha value is -1.32. The van der Waals surface area contributed by atoms with Crippen LogP contribution in [0.25, 0.3) is 0 Å². The van der Waals surface area contributed by atoms with Crippen LogP contribution in [0.5, 0.6) is 0 Å². The van der Waals surface area contributed by atoms with Crippen molar-refractivity contribution in [1.82, 2.24) is 10.2 Å². The second kappa shape index (κ2) is 5.35. The van der Waals surface area contributed by atoms with Crippen molar-refractivity contribution in [2.24, 2.45) is 5.92 Å². The third-order valence-corrected chi connectivity index (χ3v) is 4.39. The summed E-state index contributed by atoms with van der Waals surface area (Å²) in [6.45, 7) is 1.12. The van der Waals surface area contributed by atoms with Crippen LogP contribution in [0.15, 0.2) is 11.6 Å². The lowest BCUT2D eigenvalue weighted by Gasteiger charge is -2.23. The van der Waals surface area contributed by atoms with Gasteiger partial charge >= 0.3 is 0 Å². The lowest BCUT2D eigenvalue weighted by atomic mass is 9.95. The van der Waals surface area contributed by atoms with E-state index < -0.39 is 0 Å². The Labute approximate surface area is 114 Å². The Morgan fingerprint density at radius 1 is 1.11 bits per heavy atom. The molecular formula is C15H22N2O2. The van der Waals surface area contributed by atoms with Crippen molar-refractivity contribution in [1.29, 1.82) is 0 Å². The van der Waals surface area contributed by atoms with E-state index in [0.717, 1.165) is 31.3 Å². The molecule has 0 bridgehead atoms. The number of hydrogen-bond donors (Lipinski definition) is 1. The molecule has 1 N–H and O–H groups in total. The molecule has 3 aliphatic rings. The van der Waals surface area contributed by atoms with Crippen molar-refractivity contribution < 1.29 is 9.59 Å². The van der Waals surface area contributed by atoms with Crippen LogP contribution in [0.1, 0.15) is 44.9 Å². The van der Waals surface area contributed by atoms with Crippen LogP contribution in [0.4, 0.5) is 0 Å². The molecule has 1 aliphatic heterocycles. The van der Waals surface area contributed by atoms with Gasteiger partial charge in [-0.15, -0.1) is 0 Å². The van der Waals surface area contributed by atoms with Crippen molar-refractivity contribution in [3.8, 4) is 0 Å². The van der Waals surface area contributed by atoms with Crippen LogP contribution in [-0.4, -0.2) is 35.8 Å². The standard InChI is InChI=1S/C15H22N2O2/c18-14(16-13-4-2-1-3-5-13)12-8-9-17(10-12)15(19)11-6-7-11/h8,11,13H,1-7,9-10H2,(H,16,18). The summed E-state index contributed by atoms with van der Waals surface area (Å²) >= 11 is 0. The molecule has 4 heteroatoms. The van der Waals surface area contributed by atoms with E-state index in [1.54, 1.807) is 0 Å². The third kappa shape index (κ3) is 2.99. The van der Waals surface area contributed by atoms with Gasteiger partial charge in [0.1, 0.15) is 0 Å². The van der Waals surface area contributed by atoms with E-state index in [4.69, 9.17) is 0 Å². The van der Waals surface area contributed by atoms with E-state index in [9.17, 15) is 9.59 Å². The number of hydrogen-bond acceptors (Lipinski definition) is 2. The van der Waals surface area contributed by atoms with E-state index >= 15 is 0 Å². The van der Waals surface area contributed by atoms with Gasteiger partial charge in [-0.25, -0.2) is 0 Å². The monoisotopic (exact) mass is 262 g/mol. The number of rotatable bonds is 3. The maximum Gasteiger partial charge on any atom is 0.248 e. The highest BCUT2D eigenvalue weighted by atomic mass is 16.2. The average Bonchev–Trinajstić information content (AvgIpc) is 3.16. The van der Waals surface area contributed by atoms with Crippen LogP contribution < -0.4 is 5.32 Å². The average molecular weight is 262 g/mol. The molecule has 0 aromatic carbocycles. The van der Waals surface area contributed by atoms with Crippen molar-refractivity contribution >= 4 is 11.8 Å². The first-order chi connectivity index (χ1) is 9.24. The molecule has 0 aromatic rings. The molecule has 4 nitrogen and oxygen atoms in total. The van der Waals surface area contributed by atoms with Gasteiger partial charge in [0.05, 0.1) is 6.54 Å². The Kier molecular flexibility index (Phi) is 3.58. The van der Waals surface area contributed by atoms with Crippen LogP contribution >= 0.6 is 0 Å².